The Balaban J connectivity index is 1.74. The summed E-state index contributed by atoms with van der Waals surface area (Å²) in [6.07, 6.45) is 2.60. The highest BCUT2D eigenvalue weighted by Crippen LogP contribution is 2.45. The second kappa shape index (κ2) is 6.83. The van der Waals surface area contributed by atoms with Crippen molar-refractivity contribution in [2.24, 2.45) is 0 Å². The Morgan fingerprint density at radius 3 is 2.56 bits per heavy atom. The molecule has 2 aromatic rings. The van der Waals surface area contributed by atoms with Crippen LogP contribution in [-0.4, -0.2) is 6.61 Å². The van der Waals surface area contributed by atoms with E-state index in [2.05, 4.69) is 0 Å². The van der Waals surface area contributed by atoms with Crippen LogP contribution in [0.1, 0.15) is 49.5 Å². The highest BCUT2D eigenvalue weighted by atomic mass is 19.2. The maximum atomic E-state index is 14.7. The molecule has 6 heteroatoms. The minimum absolute atomic E-state index is 0.0231. The number of benzene rings is 2. The summed E-state index contributed by atoms with van der Waals surface area (Å²) >= 11 is 0. The molecule has 0 bridgehead atoms. The molecule has 27 heavy (non-hydrogen) atoms. The molecule has 0 saturated carbocycles. The minimum atomic E-state index is -1.12. The summed E-state index contributed by atoms with van der Waals surface area (Å²) in [4.78, 5) is 0. The topological polar surface area (TPSA) is 27.7 Å². The zero-order chi connectivity index (χ0) is 19.1. The average molecular weight is 376 g/mol. The van der Waals surface area contributed by atoms with E-state index in [9.17, 15) is 13.2 Å². The second-order valence-corrected chi connectivity index (χ2v) is 6.79. The van der Waals surface area contributed by atoms with Gasteiger partial charge >= 0.3 is 0 Å². The van der Waals surface area contributed by atoms with E-state index in [4.69, 9.17) is 14.2 Å². The van der Waals surface area contributed by atoms with Crippen molar-refractivity contribution in [1.29, 1.82) is 0 Å². The Morgan fingerprint density at radius 1 is 1.07 bits per heavy atom. The van der Waals surface area contributed by atoms with E-state index < -0.39 is 23.6 Å². The maximum Gasteiger partial charge on any atom is 0.207 e. The lowest BCUT2D eigenvalue weighted by Crippen LogP contribution is -2.14. The van der Waals surface area contributed by atoms with Crippen LogP contribution in [0.2, 0.25) is 0 Å². The van der Waals surface area contributed by atoms with Crippen LogP contribution in [0.3, 0.4) is 0 Å². The Morgan fingerprint density at radius 2 is 1.85 bits per heavy atom. The molecule has 2 aliphatic heterocycles. The standard InChI is InChI=1S/C21H19F3O3/c1-3-25-16-7-5-12-8-13-9-14(15-6-4-11(2)10-26-15)17(22)19(24)21(13)27-20(12)18(16)23/h5,7,9-10,15H,3-4,6,8H2,1-2H3. The van der Waals surface area contributed by atoms with Crippen LogP contribution >= 0.6 is 0 Å². The second-order valence-electron chi connectivity index (χ2n) is 6.79. The molecule has 142 valence electrons. The van der Waals surface area contributed by atoms with Crippen molar-refractivity contribution in [1.82, 2.24) is 0 Å². The third-order valence-corrected chi connectivity index (χ3v) is 4.88. The van der Waals surface area contributed by atoms with Gasteiger partial charge in [0.15, 0.2) is 23.1 Å². The van der Waals surface area contributed by atoms with Gasteiger partial charge in [-0.15, -0.1) is 0 Å². The largest absolute Gasteiger partial charge is 0.493 e. The summed E-state index contributed by atoms with van der Waals surface area (Å²) < 4.78 is 60.2. The molecule has 0 radical (unpaired) electrons. The van der Waals surface area contributed by atoms with Crippen LogP contribution in [0.25, 0.3) is 0 Å². The van der Waals surface area contributed by atoms with E-state index in [0.29, 0.717) is 17.5 Å². The predicted molar refractivity (Wildman–Crippen MR) is 93.6 cm³/mol. The Labute approximate surface area is 155 Å². The van der Waals surface area contributed by atoms with Gasteiger partial charge in [0.1, 0.15) is 6.10 Å². The van der Waals surface area contributed by atoms with Gasteiger partial charge in [-0.1, -0.05) is 6.07 Å². The van der Waals surface area contributed by atoms with Gasteiger partial charge in [0.05, 0.1) is 12.9 Å². The summed E-state index contributed by atoms with van der Waals surface area (Å²) in [6, 6.07) is 4.76. The fourth-order valence-electron chi connectivity index (χ4n) is 3.47. The smallest absolute Gasteiger partial charge is 0.207 e. The first-order valence-electron chi connectivity index (χ1n) is 8.93. The summed E-state index contributed by atoms with van der Waals surface area (Å²) in [5.74, 6) is -3.22. The SMILES string of the molecule is CCOc1ccc2c(c1F)Oc1c(cc(C3CCC(C)=CO3)c(F)c1F)C2. The maximum absolute atomic E-state index is 14.7. The predicted octanol–water partition coefficient (Wildman–Crippen LogP) is 5.95. The Kier molecular flexibility index (Phi) is 4.50. The molecule has 0 fully saturated rings. The fourth-order valence-corrected chi connectivity index (χ4v) is 3.47. The molecule has 4 rings (SSSR count). The van der Waals surface area contributed by atoms with Crippen LogP contribution < -0.4 is 9.47 Å². The van der Waals surface area contributed by atoms with E-state index in [1.54, 1.807) is 25.3 Å². The Hall–Kier alpha value is -2.63. The van der Waals surface area contributed by atoms with E-state index in [1.807, 2.05) is 6.92 Å². The van der Waals surface area contributed by atoms with Gasteiger partial charge in [-0.3, -0.25) is 0 Å². The molecule has 0 spiro atoms. The number of hydrogen-bond acceptors (Lipinski definition) is 3. The van der Waals surface area contributed by atoms with Gasteiger partial charge in [0.25, 0.3) is 0 Å². The van der Waals surface area contributed by atoms with E-state index in [1.165, 1.54) is 6.07 Å². The lowest BCUT2D eigenvalue weighted by molar-refractivity contribution is 0.116. The van der Waals surface area contributed by atoms with E-state index in [-0.39, 0.29) is 35.8 Å². The van der Waals surface area contributed by atoms with Crippen molar-refractivity contribution in [2.75, 3.05) is 6.61 Å². The lowest BCUT2D eigenvalue weighted by atomic mass is 9.93. The number of ether oxygens (including phenoxy) is 3. The number of fused-ring (bicyclic) bond motifs is 2. The third-order valence-electron chi connectivity index (χ3n) is 4.88. The molecule has 0 aromatic heterocycles. The number of allylic oxidation sites excluding steroid dienone is 1. The van der Waals surface area contributed by atoms with Gasteiger partial charge in [-0.2, -0.15) is 8.78 Å². The molecule has 1 unspecified atom stereocenters. The first-order chi connectivity index (χ1) is 13.0. The van der Waals surface area contributed by atoms with Crippen molar-refractivity contribution in [2.45, 2.75) is 39.2 Å². The van der Waals surface area contributed by atoms with E-state index >= 15 is 0 Å². The molecule has 3 nitrogen and oxygen atoms in total. The average Bonchev–Trinajstić information content (AvgIpc) is 2.67. The molecule has 2 aliphatic rings. The van der Waals surface area contributed by atoms with Crippen LogP contribution in [0.5, 0.6) is 17.2 Å². The van der Waals surface area contributed by atoms with Gasteiger partial charge in [0.2, 0.25) is 11.6 Å². The number of hydrogen-bond donors (Lipinski definition) is 0. The van der Waals surface area contributed by atoms with Crippen molar-refractivity contribution in [3.63, 3.8) is 0 Å². The van der Waals surface area contributed by atoms with Crippen molar-refractivity contribution in [3.8, 4) is 17.2 Å². The third kappa shape index (κ3) is 3.03. The molecule has 0 N–H and O–H groups in total. The van der Waals surface area contributed by atoms with Gasteiger partial charge in [-0.25, -0.2) is 4.39 Å². The van der Waals surface area contributed by atoms with Crippen molar-refractivity contribution >= 4 is 0 Å². The zero-order valence-electron chi connectivity index (χ0n) is 15.1. The van der Waals surface area contributed by atoms with Gasteiger partial charge < -0.3 is 14.2 Å². The fraction of sp³-hybridized carbons (Fsp3) is 0.333. The zero-order valence-corrected chi connectivity index (χ0v) is 15.1. The number of rotatable bonds is 3. The van der Waals surface area contributed by atoms with Gasteiger partial charge in [-0.05, 0) is 44.4 Å². The molecular weight excluding hydrogens is 357 g/mol. The molecular formula is C21H19F3O3. The molecule has 2 heterocycles. The van der Waals surface area contributed by atoms with Crippen LogP contribution in [0, 0.1) is 17.5 Å². The minimum Gasteiger partial charge on any atom is -0.493 e. The quantitative estimate of drug-likeness (QED) is 0.565. The highest BCUT2D eigenvalue weighted by molar-refractivity contribution is 5.55. The van der Waals surface area contributed by atoms with Crippen LogP contribution in [0.4, 0.5) is 13.2 Å². The molecule has 0 aliphatic carbocycles. The van der Waals surface area contributed by atoms with Gasteiger partial charge in [0, 0.05) is 23.1 Å². The van der Waals surface area contributed by atoms with Crippen LogP contribution in [-0.2, 0) is 11.2 Å². The molecule has 0 amide bonds. The molecule has 2 aromatic carbocycles. The normalized spacial score (nSPS) is 18.0. The summed E-state index contributed by atoms with van der Waals surface area (Å²) in [5, 5.41) is 0. The number of halogens is 3. The first-order valence-corrected chi connectivity index (χ1v) is 8.93. The first kappa shape index (κ1) is 17.8. The summed E-state index contributed by atoms with van der Waals surface area (Å²) in [7, 11) is 0. The molecule has 1 atom stereocenters. The van der Waals surface area contributed by atoms with Crippen molar-refractivity contribution in [3.05, 3.63) is 64.2 Å². The van der Waals surface area contributed by atoms with Crippen LogP contribution in [0.15, 0.2) is 30.0 Å². The summed E-state index contributed by atoms with van der Waals surface area (Å²) in [6.45, 7) is 3.94. The lowest BCUT2D eigenvalue weighted by Gasteiger charge is -2.26. The van der Waals surface area contributed by atoms with Crippen molar-refractivity contribution < 1.29 is 27.4 Å². The highest BCUT2D eigenvalue weighted by Gasteiger charge is 2.31. The molecule has 0 saturated heterocycles. The van der Waals surface area contributed by atoms with E-state index in [0.717, 1.165) is 12.0 Å². The summed E-state index contributed by atoms with van der Waals surface area (Å²) in [5.41, 5.74) is 2.24. The Bertz CT molecular complexity index is 937. The monoisotopic (exact) mass is 376 g/mol.